The summed E-state index contributed by atoms with van der Waals surface area (Å²) >= 11 is 2.20. The summed E-state index contributed by atoms with van der Waals surface area (Å²) < 4.78 is 7.23. The van der Waals surface area contributed by atoms with Crippen LogP contribution in [0.15, 0.2) is 6.20 Å². The summed E-state index contributed by atoms with van der Waals surface area (Å²) in [5.74, 6) is -0.276. The number of aromatic nitrogens is 2. The lowest BCUT2D eigenvalue weighted by Crippen LogP contribution is -2.11. The highest BCUT2D eigenvalue weighted by atomic mass is 127. The van der Waals surface area contributed by atoms with Gasteiger partial charge in [0.2, 0.25) is 0 Å². The van der Waals surface area contributed by atoms with Crippen molar-refractivity contribution in [2.75, 3.05) is 7.11 Å². The molecule has 0 aliphatic heterocycles. The van der Waals surface area contributed by atoms with Gasteiger partial charge in [0.15, 0.2) is 0 Å². The topological polar surface area (TPSA) is 44.1 Å². The maximum Gasteiger partial charge on any atom is 0.327 e. The number of nitrogens with zero attached hydrogens (tertiary/aromatic N) is 2. The van der Waals surface area contributed by atoms with Crippen molar-refractivity contribution in [1.82, 2.24) is 9.78 Å². The lowest BCUT2D eigenvalue weighted by atomic mass is 10.4. The molecule has 1 rings (SSSR count). The van der Waals surface area contributed by atoms with E-state index >= 15 is 0 Å². The first kappa shape index (κ1) is 10.5. The van der Waals surface area contributed by atoms with Crippen molar-refractivity contribution in [1.29, 1.82) is 0 Å². The van der Waals surface area contributed by atoms with Crippen LogP contribution in [-0.2, 0) is 22.5 Å². The van der Waals surface area contributed by atoms with Crippen LogP contribution in [0.2, 0.25) is 0 Å². The zero-order chi connectivity index (χ0) is 9.84. The van der Waals surface area contributed by atoms with E-state index in [1.165, 1.54) is 7.11 Å². The monoisotopic (exact) mass is 294 g/mol. The Morgan fingerprint density at radius 1 is 1.77 bits per heavy atom. The summed E-state index contributed by atoms with van der Waals surface area (Å²) in [7, 11) is 1.37. The van der Waals surface area contributed by atoms with Gasteiger partial charge in [-0.2, -0.15) is 5.10 Å². The van der Waals surface area contributed by atoms with Crippen LogP contribution < -0.4 is 0 Å². The normalized spacial score (nSPS) is 10.1. The quantitative estimate of drug-likeness (QED) is 0.622. The van der Waals surface area contributed by atoms with Gasteiger partial charge in [-0.15, -0.1) is 0 Å². The Labute approximate surface area is 90.4 Å². The highest BCUT2D eigenvalue weighted by Gasteiger charge is 2.07. The average molecular weight is 294 g/mol. The Bertz CT molecular complexity index is 309. The average Bonchev–Trinajstić information content (AvgIpc) is 2.46. The van der Waals surface area contributed by atoms with Crippen LogP contribution in [0.4, 0.5) is 0 Å². The molecule has 5 heteroatoms. The number of rotatable bonds is 3. The van der Waals surface area contributed by atoms with Gasteiger partial charge in [0, 0.05) is 6.20 Å². The van der Waals surface area contributed by atoms with Gasteiger partial charge in [-0.3, -0.25) is 9.48 Å². The minimum Gasteiger partial charge on any atom is -0.468 e. The number of hydrogen-bond acceptors (Lipinski definition) is 3. The first-order valence-electron chi connectivity index (χ1n) is 3.96. The number of methoxy groups -OCH3 is 1. The van der Waals surface area contributed by atoms with Gasteiger partial charge < -0.3 is 4.74 Å². The van der Waals surface area contributed by atoms with Crippen LogP contribution in [0.5, 0.6) is 0 Å². The van der Waals surface area contributed by atoms with Gasteiger partial charge in [0.05, 0.1) is 16.4 Å². The lowest BCUT2D eigenvalue weighted by molar-refractivity contribution is -0.141. The molecule has 0 fully saturated rings. The molecule has 72 valence electrons. The SMILES string of the molecule is CCc1nn(CC(=O)OC)cc1I. The standard InChI is InChI=1S/C8H11IN2O2/c1-3-7-6(9)4-11(10-7)5-8(12)13-2/h4H,3,5H2,1-2H3. The zero-order valence-electron chi connectivity index (χ0n) is 7.58. The van der Waals surface area contributed by atoms with Crippen molar-refractivity contribution in [2.24, 2.45) is 0 Å². The number of halogens is 1. The molecule has 1 aromatic heterocycles. The third-order valence-corrected chi connectivity index (χ3v) is 2.54. The summed E-state index contributed by atoms with van der Waals surface area (Å²) in [6.07, 6.45) is 2.72. The van der Waals surface area contributed by atoms with E-state index in [-0.39, 0.29) is 12.5 Å². The van der Waals surface area contributed by atoms with Crippen LogP contribution in [0.1, 0.15) is 12.6 Å². The summed E-state index contributed by atoms with van der Waals surface area (Å²) in [5, 5.41) is 4.22. The van der Waals surface area contributed by atoms with E-state index in [1.807, 2.05) is 13.1 Å². The van der Waals surface area contributed by atoms with Crippen LogP contribution in [0, 0.1) is 3.57 Å². The van der Waals surface area contributed by atoms with Crippen molar-refractivity contribution >= 4 is 28.6 Å². The number of hydrogen-bond donors (Lipinski definition) is 0. The van der Waals surface area contributed by atoms with Crippen molar-refractivity contribution < 1.29 is 9.53 Å². The second kappa shape index (κ2) is 4.59. The van der Waals surface area contributed by atoms with Gasteiger partial charge in [-0.1, -0.05) is 6.92 Å². The number of aryl methyl sites for hydroxylation is 1. The van der Waals surface area contributed by atoms with Gasteiger partial charge >= 0.3 is 5.97 Å². The molecule has 0 aliphatic carbocycles. The van der Waals surface area contributed by atoms with E-state index in [0.717, 1.165) is 15.7 Å². The van der Waals surface area contributed by atoms with Crippen LogP contribution in [0.25, 0.3) is 0 Å². The van der Waals surface area contributed by atoms with E-state index in [9.17, 15) is 4.79 Å². The fraction of sp³-hybridized carbons (Fsp3) is 0.500. The molecule has 0 N–H and O–H groups in total. The van der Waals surface area contributed by atoms with Gasteiger partial charge in [-0.25, -0.2) is 0 Å². The number of esters is 1. The molecule has 1 aromatic rings. The smallest absolute Gasteiger partial charge is 0.327 e. The Hall–Kier alpha value is -0.590. The van der Waals surface area contributed by atoms with Crippen molar-refractivity contribution in [2.45, 2.75) is 19.9 Å². The molecular formula is C8H11IN2O2. The van der Waals surface area contributed by atoms with Crippen molar-refractivity contribution in [3.05, 3.63) is 15.5 Å². The molecule has 0 saturated carbocycles. The molecular weight excluding hydrogens is 283 g/mol. The third kappa shape index (κ3) is 2.68. The molecule has 0 atom stereocenters. The first-order valence-corrected chi connectivity index (χ1v) is 5.04. The summed E-state index contributed by atoms with van der Waals surface area (Å²) in [4.78, 5) is 10.9. The molecule has 0 spiro atoms. The second-order valence-corrected chi connectivity index (χ2v) is 3.71. The predicted octanol–water partition coefficient (Wildman–Crippen LogP) is 1.22. The van der Waals surface area contributed by atoms with Crippen LogP contribution in [0.3, 0.4) is 0 Å². The lowest BCUT2D eigenvalue weighted by Gasteiger charge is -1.97. The molecule has 0 amide bonds. The second-order valence-electron chi connectivity index (χ2n) is 2.55. The molecule has 0 aromatic carbocycles. The van der Waals surface area contributed by atoms with Gasteiger partial charge in [-0.05, 0) is 29.0 Å². The fourth-order valence-electron chi connectivity index (χ4n) is 0.954. The number of carbonyl (C=O) groups excluding carboxylic acids is 1. The summed E-state index contributed by atoms with van der Waals surface area (Å²) in [6, 6.07) is 0. The van der Waals surface area contributed by atoms with Crippen molar-refractivity contribution in [3.8, 4) is 0 Å². The highest BCUT2D eigenvalue weighted by Crippen LogP contribution is 2.10. The molecule has 4 nitrogen and oxygen atoms in total. The molecule has 0 unspecified atom stereocenters. The van der Waals surface area contributed by atoms with Crippen molar-refractivity contribution in [3.63, 3.8) is 0 Å². The Balaban J connectivity index is 2.73. The first-order chi connectivity index (χ1) is 6.17. The zero-order valence-corrected chi connectivity index (χ0v) is 9.74. The fourth-order valence-corrected chi connectivity index (χ4v) is 1.77. The molecule has 1 heterocycles. The minimum absolute atomic E-state index is 0.187. The Morgan fingerprint density at radius 2 is 2.46 bits per heavy atom. The Kier molecular flexibility index (Phi) is 3.71. The third-order valence-electron chi connectivity index (χ3n) is 1.64. The molecule has 13 heavy (non-hydrogen) atoms. The van der Waals surface area contributed by atoms with E-state index < -0.39 is 0 Å². The number of ether oxygens (including phenoxy) is 1. The van der Waals surface area contributed by atoms with E-state index in [4.69, 9.17) is 0 Å². The van der Waals surface area contributed by atoms with E-state index in [1.54, 1.807) is 4.68 Å². The molecule has 0 bridgehead atoms. The maximum absolute atomic E-state index is 10.9. The largest absolute Gasteiger partial charge is 0.468 e. The minimum atomic E-state index is -0.276. The Morgan fingerprint density at radius 3 is 2.92 bits per heavy atom. The summed E-state index contributed by atoms with van der Waals surface area (Å²) in [5.41, 5.74) is 1.02. The molecule has 0 saturated heterocycles. The highest BCUT2D eigenvalue weighted by molar-refractivity contribution is 14.1. The van der Waals surface area contributed by atoms with E-state index in [2.05, 4.69) is 32.4 Å². The summed E-state index contributed by atoms with van der Waals surface area (Å²) in [6.45, 7) is 2.22. The maximum atomic E-state index is 10.9. The molecule has 0 radical (unpaired) electrons. The number of carbonyl (C=O) groups is 1. The van der Waals surface area contributed by atoms with Gasteiger partial charge in [0.1, 0.15) is 6.54 Å². The molecule has 0 aliphatic rings. The van der Waals surface area contributed by atoms with E-state index in [0.29, 0.717) is 0 Å². The predicted molar refractivity (Wildman–Crippen MR) is 56.3 cm³/mol. The van der Waals surface area contributed by atoms with Crippen LogP contribution >= 0.6 is 22.6 Å². The van der Waals surface area contributed by atoms with Crippen LogP contribution in [-0.4, -0.2) is 22.9 Å². The van der Waals surface area contributed by atoms with Gasteiger partial charge in [0.25, 0.3) is 0 Å².